The van der Waals surface area contributed by atoms with Crippen molar-refractivity contribution in [2.45, 2.75) is 12.8 Å². The van der Waals surface area contributed by atoms with E-state index in [4.69, 9.17) is 10.8 Å². The summed E-state index contributed by atoms with van der Waals surface area (Å²) in [7, 11) is 0. The van der Waals surface area contributed by atoms with Crippen LogP contribution in [-0.2, 0) is 0 Å². The molecular weight excluding hydrogens is 300 g/mol. The molecule has 1 aliphatic rings. The van der Waals surface area contributed by atoms with Gasteiger partial charge in [0, 0.05) is 16.7 Å². The topological polar surface area (TPSA) is 88.2 Å². The molecule has 1 fully saturated rings. The summed E-state index contributed by atoms with van der Waals surface area (Å²) in [5.74, 6) is 0.316. The molecule has 0 spiro atoms. The molecule has 0 aliphatic heterocycles. The van der Waals surface area contributed by atoms with Gasteiger partial charge in [0.25, 0.3) is 0 Å². The first-order valence-corrected chi connectivity index (χ1v) is 7.71. The minimum atomic E-state index is 0.136. The van der Waals surface area contributed by atoms with Gasteiger partial charge in [-0.2, -0.15) is 0 Å². The smallest absolute Gasteiger partial charge is 0.122 e. The van der Waals surface area contributed by atoms with Crippen LogP contribution in [-0.4, -0.2) is 21.6 Å². The molecule has 0 radical (unpaired) electrons. The zero-order chi connectivity index (χ0) is 17.1. The van der Waals surface area contributed by atoms with Crippen LogP contribution in [0.25, 0.3) is 12.2 Å². The normalized spacial score (nSPS) is 18.3. The third-order valence-corrected chi connectivity index (χ3v) is 4.06. The van der Waals surface area contributed by atoms with E-state index >= 15 is 0 Å². The van der Waals surface area contributed by atoms with Crippen molar-refractivity contribution in [3.8, 4) is 11.5 Å². The van der Waals surface area contributed by atoms with Gasteiger partial charge in [-0.05, 0) is 42.7 Å². The van der Waals surface area contributed by atoms with E-state index in [1.807, 2.05) is 24.3 Å². The van der Waals surface area contributed by atoms with Gasteiger partial charge in [0.2, 0.25) is 0 Å². The fourth-order valence-corrected chi connectivity index (χ4v) is 2.72. The van der Waals surface area contributed by atoms with E-state index in [1.54, 1.807) is 36.4 Å². The number of hydrogen-bond donors (Lipinski definition) is 4. The highest BCUT2D eigenvalue weighted by Crippen LogP contribution is 2.32. The van der Waals surface area contributed by atoms with E-state index in [0.29, 0.717) is 29.5 Å². The van der Waals surface area contributed by atoms with Crippen molar-refractivity contribution in [2.75, 3.05) is 0 Å². The molecular formula is C20H18N2O2. The average Bonchev–Trinajstić information content (AvgIpc) is 2.58. The maximum absolute atomic E-state index is 9.99. The van der Waals surface area contributed by atoms with Crippen LogP contribution >= 0.6 is 0 Å². The molecule has 0 atom stereocenters. The highest BCUT2D eigenvalue weighted by Gasteiger charge is 2.22. The fourth-order valence-electron chi connectivity index (χ4n) is 2.72. The van der Waals surface area contributed by atoms with Gasteiger partial charge in [-0.3, -0.25) is 5.41 Å². The number of hydrogen-bond acceptors (Lipinski definition) is 4. The summed E-state index contributed by atoms with van der Waals surface area (Å²) in [6, 6.07) is 13.9. The number of nitrogens with one attached hydrogen (secondary N) is 2. The fraction of sp³-hybridized carbons (Fsp3) is 0.100. The maximum atomic E-state index is 9.99. The van der Waals surface area contributed by atoms with Gasteiger partial charge in [0.15, 0.2) is 0 Å². The lowest BCUT2D eigenvalue weighted by Crippen LogP contribution is -2.21. The van der Waals surface area contributed by atoms with Crippen LogP contribution in [0.3, 0.4) is 0 Å². The molecule has 2 aromatic rings. The quantitative estimate of drug-likeness (QED) is 0.661. The first kappa shape index (κ1) is 15.7. The summed E-state index contributed by atoms with van der Waals surface area (Å²) in [6.07, 6.45) is 4.70. The molecule has 120 valence electrons. The van der Waals surface area contributed by atoms with Crippen LogP contribution in [0, 0.1) is 10.8 Å². The number of para-hydroxylation sites is 2. The number of phenolic OH excluding ortho intramolecular Hbond substituents is 2. The molecule has 24 heavy (non-hydrogen) atoms. The Labute approximate surface area is 140 Å². The first-order valence-electron chi connectivity index (χ1n) is 7.71. The molecule has 1 aliphatic carbocycles. The van der Waals surface area contributed by atoms with E-state index in [9.17, 15) is 10.2 Å². The van der Waals surface area contributed by atoms with Crippen LogP contribution in [0.15, 0.2) is 59.7 Å². The first-order chi connectivity index (χ1) is 11.6. The second kappa shape index (κ2) is 6.54. The van der Waals surface area contributed by atoms with Crippen molar-refractivity contribution >= 4 is 23.6 Å². The van der Waals surface area contributed by atoms with Gasteiger partial charge in [-0.1, -0.05) is 36.4 Å². The molecule has 0 aromatic heterocycles. The Morgan fingerprint density at radius 3 is 1.88 bits per heavy atom. The summed E-state index contributed by atoms with van der Waals surface area (Å²) in [6.45, 7) is 0. The lowest BCUT2D eigenvalue weighted by molar-refractivity contribution is 0.473. The lowest BCUT2D eigenvalue weighted by atomic mass is 9.84. The number of phenols is 2. The van der Waals surface area contributed by atoms with Crippen molar-refractivity contribution in [3.05, 3.63) is 70.8 Å². The minimum absolute atomic E-state index is 0.136. The minimum Gasteiger partial charge on any atom is -0.507 e. The molecule has 4 heteroatoms. The Bertz CT molecular complexity index is 879. The number of aromatic hydroxyl groups is 2. The van der Waals surface area contributed by atoms with Crippen molar-refractivity contribution < 1.29 is 10.2 Å². The molecule has 0 amide bonds. The highest BCUT2D eigenvalue weighted by molar-refractivity contribution is 6.49. The Balaban J connectivity index is 2.10. The van der Waals surface area contributed by atoms with E-state index in [2.05, 4.69) is 0 Å². The monoisotopic (exact) mass is 318 g/mol. The van der Waals surface area contributed by atoms with Crippen LogP contribution < -0.4 is 0 Å². The Morgan fingerprint density at radius 1 is 0.750 bits per heavy atom. The van der Waals surface area contributed by atoms with Gasteiger partial charge in [-0.25, -0.2) is 0 Å². The van der Waals surface area contributed by atoms with Crippen molar-refractivity contribution in [1.29, 1.82) is 10.8 Å². The van der Waals surface area contributed by atoms with Gasteiger partial charge >= 0.3 is 0 Å². The second-order valence-electron chi connectivity index (χ2n) is 5.70. The van der Waals surface area contributed by atoms with E-state index < -0.39 is 0 Å². The van der Waals surface area contributed by atoms with Gasteiger partial charge in [0.1, 0.15) is 11.5 Å². The van der Waals surface area contributed by atoms with Crippen LogP contribution in [0.4, 0.5) is 0 Å². The molecule has 4 nitrogen and oxygen atoms in total. The Kier molecular flexibility index (Phi) is 4.29. The largest absolute Gasteiger partial charge is 0.507 e. The molecule has 4 N–H and O–H groups in total. The average molecular weight is 318 g/mol. The molecule has 3 rings (SSSR count). The maximum Gasteiger partial charge on any atom is 0.122 e. The number of allylic oxidation sites excluding steroid dienone is 2. The standard InChI is InChI=1S/C20H18N2O2/c21-17-10-9-13(11-14-5-1-3-7-18(14)23)16(20(17)22)12-15-6-2-4-8-19(15)24/h1-8,11-12,21-24H,9-10H2. The Hall–Kier alpha value is -3.14. The third kappa shape index (κ3) is 3.13. The molecule has 0 bridgehead atoms. The number of benzene rings is 2. The summed E-state index contributed by atoms with van der Waals surface area (Å²) in [5, 5.41) is 36.2. The van der Waals surface area contributed by atoms with Crippen molar-refractivity contribution in [1.82, 2.24) is 0 Å². The van der Waals surface area contributed by atoms with Gasteiger partial charge in [0.05, 0.1) is 11.4 Å². The van der Waals surface area contributed by atoms with E-state index in [1.165, 1.54) is 0 Å². The van der Waals surface area contributed by atoms with Gasteiger partial charge in [-0.15, -0.1) is 0 Å². The zero-order valence-electron chi connectivity index (χ0n) is 13.1. The van der Waals surface area contributed by atoms with E-state index in [-0.39, 0.29) is 22.9 Å². The molecule has 0 saturated heterocycles. The van der Waals surface area contributed by atoms with Crippen molar-refractivity contribution in [2.24, 2.45) is 0 Å². The summed E-state index contributed by atoms with van der Waals surface area (Å²) in [4.78, 5) is 0. The highest BCUT2D eigenvalue weighted by atomic mass is 16.3. The molecule has 2 aromatic carbocycles. The third-order valence-electron chi connectivity index (χ3n) is 4.06. The Morgan fingerprint density at radius 2 is 1.29 bits per heavy atom. The molecule has 0 heterocycles. The summed E-state index contributed by atoms with van der Waals surface area (Å²) >= 11 is 0. The summed E-state index contributed by atoms with van der Waals surface area (Å²) < 4.78 is 0. The number of rotatable bonds is 2. The van der Waals surface area contributed by atoms with Crippen LogP contribution in [0.5, 0.6) is 11.5 Å². The van der Waals surface area contributed by atoms with Crippen LogP contribution in [0.2, 0.25) is 0 Å². The van der Waals surface area contributed by atoms with E-state index in [0.717, 1.165) is 5.57 Å². The van der Waals surface area contributed by atoms with Crippen LogP contribution in [0.1, 0.15) is 24.0 Å². The van der Waals surface area contributed by atoms with Gasteiger partial charge < -0.3 is 15.6 Å². The predicted octanol–water partition coefficient (Wildman–Crippen LogP) is 4.40. The molecule has 1 saturated carbocycles. The zero-order valence-corrected chi connectivity index (χ0v) is 13.1. The lowest BCUT2D eigenvalue weighted by Gasteiger charge is -2.21. The van der Waals surface area contributed by atoms with Crippen molar-refractivity contribution in [3.63, 3.8) is 0 Å². The predicted molar refractivity (Wildman–Crippen MR) is 96.9 cm³/mol. The molecule has 0 unspecified atom stereocenters. The summed E-state index contributed by atoms with van der Waals surface area (Å²) in [5.41, 5.74) is 3.21. The second-order valence-corrected chi connectivity index (χ2v) is 5.70. The SMILES string of the molecule is N=C1CCC(=Cc2ccccc2O)C(=Cc2ccccc2O)C1=N.